The highest BCUT2D eigenvalue weighted by molar-refractivity contribution is 7.09. The summed E-state index contributed by atoms with van der Waals surface area (Å²) in [6.45, 7) is 10.8. The quantitative estimate of drug-likeness (QED) is 0.800. The molecule has 1 N–H and O–H groups in total. The lowest BCUT2D eigenvalue weighted by molar-refractivity contribution is 0.589. The summed E-state index contributed by atoms with van der Waals surface area (Å²) in [5, 5.41) is 5.60. The second-order valence-electron chi connectivity index (χ2n) is 6.00. The van der Waals surface area contributed by atoms with Crippen LogP contribution < -0.4 is 10.2 Å². The first kappa shape index (κ1) is 16.1. The molecule has 0 radical (unpaired) electrons. The molecule has 0 aliphatic carbocycles. The average Bonchev–Trinajstić information content (AvgIpc) is 2.96. The molecular weight excluding hydrogens is 276 g/mol. The Bertz CT molecular complexity index is 515. The molecule has 0 atom stereocenters. The van der Waals surface area contributed by atoms with Gasteiger partial charge in [-0.05, 0) is 43.0 Å². The van der Waals surface area contributed by atoms with E-state index in [0.29, 0.717) is 12.1 Å². The Morgan fingerprint density at radius 2 is 1.76 bits per heavy atom. The normalized spacial score (nSPS) is 11.3. The maximum Gasteiger partial charge on any atom is 0.0525 e. The SMILES string of the molecule is CC(C)NCc1ccc(N(Cc2cccs2)C(C)C)cc1. The molecule has 114 valence electrons. The monoisotopic (exact) mass is 302 g/mol. The van der Waals surface area contributed by atoms with Gasteiger partial charge in [0.1, 0.15) is 0 Å². The van der Waals surface area contributed by atoms with E-state index in [1.807, 2.05) is 11.3 Å². The van der Waals surface area contributed by atoms with Gasteiger partial charge in [-0.25, -0.2) is 0 Å². The predicted molar refractivity (Wildman–Crippen MR) is 94.1 cm³/mol. The van der Waals surface area contributed by atoms with Crippen molar-refractivity contribution in [1.29, 1.82) is 0 Å². The number of hydrogen-bond acceptors (Lipinski definition) is 3. The van der Waals surface area contributed by atoms with Crippen LogP contribution in [0.15, 0.2) is 41.8 Å². The van der Waals surface area contributed by atoms with Crippen molar-refractivity contribution >= 4 is 17.0 Å². The first-order valence-corrected chi connectivity index (χ1v) is 8.55. The summed E-state index contributed by atoms with van der Waals surface area (Å²) >= 11 is 1.83. The Hall–Kier alpha value is -1.32. The van der Waals surface area contributed by atoms with Crippen molar-refractivity contribution < 1.29 is 0 Å². The molecule has 3 heteroatoms. The van der Waals surface area contributed by atoms with Crippen LogP contribution in [0.2, 0.25) is 0 Å². The molecule has 0 saturated carbocycles. The van der Waals surface area contributed by atoms with Crippen molar-refractivity contribution in [2.24, 2.45) is 0 Å². The molecule has 1 heterocycles. The summed E-state index contributed by atoms with van der Waals surface area (Å²) in [7, 11) is 0. The van der Waals surface area contributed by atoms with Crippen molar-refractivity contribution in [2.75, 3.05) is 4.90 Å². The van der Waals surface area contributed by atoms with Crippen molar-refractivity contribution in [3.8, 4) is 0 Å². The summed E-state index contributed by atoms with van der Waals surface area (Å²) in [4.78, 5) is 3.86. The molecule has 2 nitrogen and oxygen atoms in total. The number of anilines is 1. The molecule has 1 aromatic heterocycles. The maximum absolute atomic E-state index is 3.46. The molecule has 2 aromatic rings. The number of hydrogen-bond donors (Lipinski definition) is 1. The first-order chi connectivity index (χ1) is 10.1. The molecule has 21 heavy (non-hydrogen) atoms. The fraction of sp³-hybridized carbons (Fsp3) is 0.444. The van der Waals surface area contributed by atoms with Crippen LogP contribution in [0.5, 0.6) is 0 Å². The third-order valence-corrected chi connectivity index (χ3v) is 4.37. The number of nitrogens with zero attached hydrogens (tertiary/aromatic N) is 1. The fourth-order valence-corrected chi connectivity index (χ4v) is 2.97. The maximum atomic E-state index is 3.46. The Balaban J connectivity index is 2.06. The van der Waals surface area contributed by atoms with Gasteiger partial charge in [-0.2, -0.15) is 0 Å². The zero-order valence-electron chi connectivity index (χ0n) is 13.5. The van der Waals surface area contributed by atoms with Crippen LogP contribution in [0.3, 0.4) is 0 Å². The average molecular weight is 302 g/mol. The van der Waals surface area contributed by atoms with E-state index in [-0.39, 0.29) is 0 Å². The van der Waals surface area contributed by atoms with E-state index in [2.05, 4.69) is 79.7 Å². The number of rotatable bonds is 7. The Morgan fingerprint density at radius 3 is 2.29 bits per heavy atom. The summed E-state index contributed by atoms with van der Waals surface area (Å²) in [5.41, 5.74) is 2.64. The van der Waals surface area contributed by atoms with Crippen LogP contribution in [0.25, 0.3) is 0 Å². The lowest BCUT2D eigenvalue weighted by atomic mass is 10.1. The van der Waals surface area contributed by atoms with Crippen LogP contribution in [0, 0.1) is 0 Å². The first-order valence-electron chi connectivity index (χ1n) is 7.67. The van der Waals surface area contributed by atoms with Crippen molar-refractivity contribution in [3.63, 3.8) is 0 Å². The van der Waals surface area contributed by atoms with Gasteiger partial charge in [0, 0.05) is 29.2 Å². The molecule has 2 rings (SSSR count). The molecule has 0 saturated heterocycles. The largest absolute Gasteiger partial charge is 0.364 e. The second-order valence-corrected chi connectivity index (χ2v) is 7.04. The standard InChI is InChI=1S/C18H26N2S/c1-14(2)19-12-16-7-9-17(10-8-16)20(15(3)4)13-18-6-5-11-21-18/h5-11,14-15,19H,12-13H2,1-4H3. The molecule has 1 aromatic carbocycles. The van der Waals surface area contributed by atoms with Crippen LogP contribution in [-0.4, -0.2) is 12.1 Å². The number of benzene rings is 1. The predicted octanol–water partition coefficient (Wildman–Crippen LogP) is 4.66. The Morgan fingerprint density at radius 1 is 1.05 bits per heavy atom. The van der Waals surface area contributed by atoms with E-state index in [0.717, 1.165) is 13.1 Å². The minimum Gasteiger partial charge on any atom is -0.364 e. The van der Waals surface area contributed by atoms with Crippen LogP contribution in [-0.2, 0) is 13.1 Å². The van der Waals surface area contributed by atoms with E-state index >= 15 is 0 Å². The van der Waals surface area contributed by atoms with Gasteiger partial charge in [0.2, 0.25) is 0 Å². The van der Waals surface area contributed by atoms with E-state index in [1.54, 1.807) is 0 Å². The summed E-state index contributed by atoms with van der Waals surface area (Å²) in [5.74, 6) is 0. The van der Waals surface area contributed by atoms with Crippen molar-refractivity contribution in [3.05, 3.63) is 52.2 Å². The van der Waals surface area contributed by atoms with Gasteiger partial charge in [0.05, 0.1) is 6.54 Å². The fourth-order valence-electron chi connectivity index (χ4n) is 2.27. The third kappa shape index (κ3) is 4.87. The lowest BCUT2D eigenvalue weighted by Gasteiger charge is -2.28. The number of nitrogens with one attached hydrogen (secondary N) is 1. The minimum absolute atomic E-state index is 0.492. The summed E-state index contributed by atoms with van der Waals surface area (Å²) < 4.78 is 0. The van der Waals surface area contributed by atoms with E-state index in [4.69, 9.17) is 0 Å². The van der Waals surface area contributed by atoms with Crippen LogP contribution >= 0.6 is 11.3 Å². The molecule has 0 spiro atoms. The highest BCUT2D eigenvalue weighted by atomic mass is 32.1. The van der Waals surface area contributed by atoms with Gasteiger partial charge in [0.15, 0.2) is 0 Å². The highest BCUT2D eigenvalue weighted by Gasteiger charge is 2.11. The lowest BCUT2D eigenvalue weighted by Crippen LogP contribution is -2.29. The molecule has 0 fully saturated rings. The van der Waals surface area contributed by atoms with Gasteiger partial charge in [-0.3, -0.25) is 0 Å². The summed E-state index contributed by atoms with van der Waals surface area (Å²) in [6.07, 6.45) is 0. The van der Waals surface area contributed by atoms with Crippen LogP contribution in [0.4, 0.5) is 5.69 Å². The zero-order valence-corrected chi connectivity index (χ0v) is 14.3. The van der Waals surface area contributed by atoms with Crippen molar-refractivity contribution in [2.45, 2.75) is 52.9 Å². The molecule has 0 aliphatic heterocycles. The van der Waals surface area contributed by atoms with Gasteiger partial charge in [0.25, 0.3) is 0 Å². The Kier molecular flexibility index (Phi) is 5.83. The Labute approximate surface area is 132 Å². The molecular formula is C18H26N2S. The molecule has 0 bridgehead atoms. The molecule has 0 amide bonds. The topological polar surface area (TPSA) is 15.3 Å². The molecule has 0 unspecified atom stereocenters. The highest BCUT2D eigenvalue weighted by Crippen LogP contribution is 2.22. The van der Waals surface area contributed by atoms with Crippen LogP contribution in [0.1, 0.15) is 38.1 Å². The van der Waals surface area contributed by atoms with Gasteiger partial charge in [-0.15, -0.1) is 11.3 Å². The molecule has 0 aliphatic rings. The van der Waals surface area contributed by atoms with E-state index < -0.39 is 0 Å². The van der Waals surface area contributed by atoms with Gasteiger partial charge >= 0.3 is 0 Å². The minimum atomic E-state index is 0.492. The smallest absolute Gasteiger partial charge is 0.0525 e. The summed E-state index contributed by atoms with van der Waals surface area (Å²) in [6, 6.07) is 14.3. The second kappa shape index (κ2) is 7.62. The van der Waals surface area contributed by atoms with Gasteiger partial charge < -0.3 is 10.2 Å². The third-order valence-electron chi connectivity index (χ3n) is 3.51. The van der Waals surface area contributed by atoms with Gasteiger partial charge in [-0.1, -0.05) is 32.0 Å². The van der Waals surface area contributed by atoms with E-state index in [1.165, 1.54) is 16.1 Å². The van der Waals surface area contributed by atoms with Crippen molar-refractivity contribution in [1.82, 2.24) is 5.32 Å². The van der Waals surface area contributed by atoms with E-state index in [9.17, 15) is 0 Å². The number of thiophene rings is 1. The zero-order chi connectivity index (χ0) is 15.2.